The Bertz CT molecular complexity index is 206. The second kappa shape index (κ2) is 6.76. The highest BCUT2D eigenvalue weighted by Gasteiger charge is 2.20. The van der Waals surface area contributed by atoms with E-state index in [1.165, 1.54) is 0 Å². The largest absolute Gasteiger partial charge is 0.393 e. The normalized spacial score (nSPS) is 12.2. The van der Waals surface area contributed by atoms with E-state index in [0.29, 0.717) is 0 Å². The van der Waals surface area contributed by atoms with E-state index >= 15 is 0 Å². The van der Waals surface area contributed by atoms with Crippen molar-refractivity contribution in [2.75, 3.05) is 13.1 Å². The molecule has 0 heterocycles. The van der Waals surface area contributed by atoms with Crippen LogP contribution in [0.25, 0.3) is 0 Å². The first-order valence-electron chi connectivity index (χ1n) is 5.12. The van der Waals surface area contributed by atoms with Gasteiger partial charge in [0.15, 0.2) is 0 Å². The second-order valence-corrected chi connectivity index (χ2v) is 3.87. The van der Waals surface area contributed by atoms with Gasteiger partial charge in [-0.05, 0) is 20.3 Å². The van der Waals surface area contributed by atoms with E-state index in [4.69, 9.17) is 18.0 Å². The fourth-order valence-corrected chi connectivity index (χ4v) is 1.27. The number of carbonyl (C=O) groups excluding carboxylic acids is 1. The molecule has 0 aromatic carbocycles. The third-order valence-electron chi connectivity index (χ3n) is 2.27. The highest BCUT2D eigenvalue weighted by Crippen LogP contribution is 2.04. The Morgan fingerprint density at radius 1 is 1.50 bits per heavy atom. The van der Waals surface area contributed by atoms with Gasteiger partial charge in [-0.3, -0.25) is 4.79 Å². The van der Waals surface area contributed by atoms with Crippen molar-refractivity contribution in [1.29, 1.82) is 0 Å². The van der Waals surface area contributed by atoms with Crippen LogP contribution in [0.5, 0.6) is 0 Å². The van der Waals surface area contributed by atoms with Gasteiger partial charge in [-0.2, -0.15) is 0 Å². The van der Waals surface area contributed by atoms with Crippen molar-refractivity contribution >= 4 is 23.1 Å². The van der Waals surface area contributed by atoms with Crippen LogP contribution in [-0.2, 0) is 4.79 Å². The molecule has 0 saturated heterocycles. The zero-order valence-corrected chi connectivity index (χ0v) is 10.1. The molecule has 0 aliphatic heterocycles. The van der Waals surface area contributed by atoms with Gasteiger partial charge in [0.2, 0.25) is 5.91 Å². The first-order chi connectivity index (χ1) is 6.54. The Kier molecular flexibility index (Phi) is 6.45. The van der Waals surface area contributed by atoms with Crippen LogP contribution < -0.4 is 5.73 Å². The number of hydrogen-bond donors (Lipinski definition) is 1. The summed E-state index contributed by atoms with van der Waals surface area (Å²) < 4.78 is 0. The predicted octanol–water partition coefficient (Wildman–Crippen LogP) is 1.56. The molecule has 3 nitrogen and oxygen atoms in total. The van der Waals surface area contributed by atoms with Crippen molar-refractivity contribution in [2.24, 2.45) is 11.7 Å². The molecule has 0 aliphatic rings. The lowest BCUT2D eigenvalue weighted by atomic mass is 10.1. The summed E-state index contributed by atoms with van der Waals surface area (Å²) in [7, 11) is 0. The highest BCUT2D eigenvalue weighted by atomic mass is 32.1. The van der Waals surface area contributed by atoms with Gasteiger partial charge in [-0.15, -0.1) is 0 Å². The molecule has 82 valence electrons. The summed E-state index contributed by atoms with van der Waals surface area (Å²) in [6.45, 7) is 7.37. The van der Waals surface area contributed by atoms with Gasteiger partial charge < -0.3 is 10.6 Å². The summed E-state index contributed by atoms with van der Waals surface area (Å²) in [5.41, 5.74) is 5.44. The number of nitrogens with zero attached hydrogens (tertiary/aromatic N) is 1. The summed E-state index contributed by atoms with van der Waals surface area (Å²) in [5.74, 6) is -0.282. The van der Waals surface area contributed by atoms with E-state index < -0.39 is 0 Å². The van der Waals surface area contributed by atoms with E-state index in [2.05, 4.69) is 6.92 Å². The Balaban J connectivity index is 4.23. The van der Waals surface area contributed by atoms with Crippen LogP contribution in [0.15, 0.2) is 0 Å². The summed E-state index contributed by atoms with van der Waals surface area (Å²) in [5, 5.41) is 0. The molecule has 0 saturated carbocycles. The van der Waals surface area contributed by atoms with Gasteiger partial charge in [-0.25, -0.2) is 0 Å². The van der Waals surface area contributed by atoms with Crippen LogP contribution in [0.4, 0.5) is 0 Å². The van der Waals surface area contributed by atoms with Gasteiger partial charge in [0, 0.05) is 13.1 Å². The molecule has 0 rings (SSSR count). The molecule has 0 fully saturated rings. The molecule has 1 unspecified atom stereocenters. The Morgan fingerprint density at radius 2 is 2.07 bits per heavy atom. The van der Waals surface area contributed by atoms with Crippen molar-refractivity contribution < 1.29 is 4.79 Å². The lowest BCUT2D eigenvalue weighted by molar-refractivity contribution is -0.132. The zero-order chi connectivity index (χ0) is 11.1. The van der Waals surface area contributed by atoms with Gasteiger partial charge in [0.1, 0.15) is 0 Å². The smallest absolute Gasteiger partial charge is 0.232 e. The average molecular weight is 216 g/mol. The molecule has 1 amide bonds. The molecule has 2 N–H and O–H groups in total. The zero-order valence-electron chi connectivity index (χ0n) is 9.25. The van der Waals surface area contributed by atoms with Crippen LogP contribution in [0.2, 0.25) is 0 Å². The van der Waals surface area contributed by atoms with Gasteiger partial charge in [0.25, 0.3) is 0 Å². The monoisotopic (exact) mass is 216 g/mol. The minimum atomic E-state index is -0.332. The molecular weight excluding hydrogens is 196 g/mol. The van der Waals surface area contributed by atoms with E-state index in [-0.39, 0.29) is 16.8 Å². The molecule has 0 aromatic heterocycles. The topological polar surface area (TPSA) is 46.3 Å². The van der Waals surface area contributed by atoms with Crippen molar-refractivity contribution in [3.63, 3.8) is 0 Å². The average Bonchev–Trinajstić information content (AvgIpc) is 2.17. The standard InChI is InChI=1S/C10H20N2OS/c1-4-6-7-12(5-2)10(13)8(3)9(11)14/h8H,4-7H2,1-3H3,(H2,11,14). The predicted molar refractivity (Wildman–Crippen MR) is 63.1 cm³/mol. The lowest BCUT2D eigenvalue weighted by Gasteiger charge is -2.23. The van der Waals surface area contributed by atoms with Crippen LogP contribution in [0, 0.1) is 5.92 Å². The molecule has 14 heavy (non-hydrogen) atoms. The second-order valence-electron chi connectivity index (χ2n) is 3.40. The van der Waals surface area contributed by atoms with E-state index in [9.17, 15) is 4.79 Å². The number of carbonyl (C=O) groups is 1. The molecule has 0 bridgehead atoms. The third-order valence-corrected chi connectivity index (χ3v) is 2.63. The van der Waals surface area contributed by atoms with Gasteiger partial charge in [0.05, 0.1) is 10.9 Å². The Morgan fingerprint density at radius 3 is 2.43 bits per heavy atom. The maximum absolute atomic E-state index is 11.8. The minimum absolute atomic E-state index is 0.0495. The number of hydrogen-bond acceptors (Lipinski definition) is 2. The van der Waals surface area contributed by atoms with Crippen molar-refractivity contribution in [2.45, 2.75) is 33.6 Å². The quantitative estimate of drug-likeness (QED) is 0.685. The fraction of sp³-hybridized carbons (Fsp3) is 0.800. The summed E-state index contributed by atoms with van der Waals surface area (Å²) in [6.07, 6.45) is 2.12. The van der Waals surface area contributed by atoms with Crippen molar-refractivity contribution in [3.05, 3.63) is 0 Å². The van der Waals surface area contributed by atoms with Gasteiger partial charge >= 0.3 is 0 Å². The molecule has 0 aliphatic carbocycles. The first kappa shape index (κ1) is 13.4. The first-order valence-corrected chi connectivity index (χ1v) is 5.53. The van der Waals surface area contributed by atoms with Crippen molar-refractivity contribution in [3.8, 4) is 0 Å². The lowest BCUT2D eigenvalue weighted by Crippen LogP contribution is -2.40. The van der Waals surface area contributed by atoms with Gasteiger partial charge in [-0.1, -0.05) is 25.6 Å². The number of nitrogens with two attached hydrogens (primary N) is 1. The van der Waals surface area contributed by atoms with Crippen LogP contribution in [-0.4, -0.2) is 28.9 Å². The Labute approximate surface area is 91.6 Å². The summed E-state index contributed by atoms with van der Waals surface area (Å²) in [6, 6.07) is 0. The summed E-state index contributed by atoms with van der Waals surface area (Å²) in [4.78, 5) is 13.9. The molecule has 4 heteroatoms. The molecule has 1 atom stereocenters. The molecular formula is C10H20N2OS. The maximum Gasteiger partial charge on any atom is 0.232 e. The maximum atomic E-state index is 11.8. The number of rotatable bonds is 6. The Hall–Kier alpha value is -0.640. The SMILES string of the molecule is CCCCN(CC)C(=O)C(C)C(N)=S. The number of unbranched alkanes of at least 4 members (excludes halogenated alkanes) is 1. The van der Waals surface area contributed by atoms with Crippen LogP contribution in [0.3, 0.4) is 0 Å². The van der Waals surface area contributed by atoms with Crippen molar-refractivity contribution in [1.82, 2.24) is 4.90 Å². The molecule has 0 aromatic rings. The third kappa shape index (κ3) is 4.05. The van der Waals surface area contributed by atoms with E-state index in [1.54, 1.807) is 6.92 Å². The number of amides is 1. The molecule has 0 radical (unpaired) electrons. The number of thiocarbonyl (C=S) groups is 1. The van der Waals surface area contributed by atoms with E-state index in [0.717, 1.165) is 25.9 Å². The van der Waals surface area contributed by atoms with Crippen LogP contribution in [0.1, 0.15) is 33.6 Å². The highest BCUT2D eigenvalue weighted by molar-refractivity contribution is 7.80. The fourth-order valence-electron chi connectivity index (χ4n) is 1.17. The molecule has 0 spiro atoms. The van der Waals surface area contributed by atoms with E-state index in [1.807, 2.05) is 11.8 Å². The minimum Gasteiger partial charge on any atom is -0.393 e. The summed E-state index contributed by atoms with van der Waals surface area (Å²) >= 11 is 4.80. The van der Waals surface area contributed by atoms with Crippen LogP contribution >= 0.6 is 12.2 Å².